The third-order valence-corrected chi connectivity index (χ3v) is 5.02. The van der Waals surface area contributed by atoms with Crippen LogP contribution >= 0.6 is 11.8 Å². The molecule has 28 heavy (non-hydrogen) atoms. The van der Waals surface area contributed by atoms with Crippen molar-refractivity contribution in [2.24, 2.45) is 5.92 Å². The molecule has 0 saturated heterocycles. The monoisotopic (exact) mass is 416 g/mol. The smallest absolute Gasteiger partial charge is 0.314 e. The Morgan fingerprint density at radius 3 is 2.04 bits per heavy atom. The fraction of sp³-hybridized carbons (Fsp3) is 0.737. The topological polar surface area (TPSA) is 110 Å². The summed E-state index contributed by atoms with van der Waals surface area (Å²) in [4.78, 5) is 61.9. The maximum absolute atomic E-state index is 12.7. The number of nitrogens with zero attached hydrogens (tertiary/aromatic N) is 1. The molecule has 0 spiro atoms. The molecule has 2 atom stereocenters. The number of carbonyl (C=O) groups excluding carboxylic acids is 5. The lowest BCUT2D eigenvalue weighted by Gasteiger charge is -2.26. The largest absolute Gasteiger partial charge is 0.463 e. The average molecular weight is 417 g/mol. The van der Waals surface area contributed by atoms with Gasteiger partial charge in [-0.1, -0.05) is 25.6 Å². The first-order valence-electron chi connectivity index (χ1n) is 9.55. The van der Waals surface area contributed by atoms with Crippen molar-refractivity contribution in [3.63, 3.8) is 0 Å². The number of hydrogen-bond donors (Lipinski definition) is 1. The predicted octanol–water partition coefficient (Wildman–Crippen LogP) is 1.56. The number of hydrogen-bond acceptors (Lipinski definition) is 7. The number of Topliss-reactive ketones (excluding diaryl/α,β-unsaturated/α-hetero) is 1. The number of nitrogens with one attached hydrogen (secondary N) is 1. The van der Waals surface area contributed by atoms with E-state index in [-0.39, 0.29) is 29.6 Å². The van der Waals surface area contributed by atoms with Crippen LogP contribution < -0.4 is 5.32 Å². The fourth-order valence-corrected chi connectivity index (χ4v) is 2.95. The van der Waals surface area contributed by atoms with Crippen LogP contribution in [0.4, 0.5) is 0 Å². The van der Waals surface area contributed by atoms with Crippen molar-refractivity contribution in [2.75, 3.05) is 18.8 Å². The van der Waals surface area contributed by atoms with Gasteiger partial charge >= 0.3 is 5.97 Å². The van der Waals surface area contributed by atoms with E-state index in [1.54, 1.807) is 25.7 Å². The minimum absolute atomic E-state index is 0.0820. The molecule has 0 saturated carbocycles. The number of thioether (sulfide) groups is 1. The first-order valence-corrected chi connectivity index (χ1v) is 10.5. The Kier molecular flexibility index (Phi) is 12.4. The van der Waals surface area contributed by atoms with Crippen LogP contribution in [0.3, 0.4) is 0 Å². The summed E-state index contributed by atoms with van der Waals surface area (Å²) in [6.45, 7) is 11.4. The van der Waals surface area contributed by atoms with Crippen molar-refractivity contribution in [3.8, 4) is 0 Å². The lowest BCUT2D eigenvalue weighted by Crippen LogP contribution is -2.51. The van der Waals surface area contributed by atoms with Gasteiger partial charge in [0.15, 0.2) is 0 Å². The average Bonchev–Trinajstić information content (AvgIpc) is 2.63. The molecule has 8 nitrogen and oxygen atoms in total. The van der Waals surface area contributed by atoms with E-state index in [9.17, 15) is 24.0 Å². The Morgan fingerprint density at radius 1 is 1.00 bits per heavy atom. The second-order valence-electron chi connectivity index (χ2n) is 6.62. The van der Waals surface area contributed by atoms with Gasteiger partial charge in [0.05, 0.1) is 6.10 Å². The van der Waals surface area contributed by atoms with Crippen molar-refractivity contribution < 1.29 is 28.7 Å². The van der Waals surface area contributed by atoms with Crippen LogP contribution in [0.5, 0.6) is 0 Å². The van der Waals surface area contributed by atoms with Gasteiger partial charge in [-0.3, -0.25) is 24.0 Å². The van der Waals surface area contributed by atoms with E-state index < -0.39 is 29.3 Å². The fourth-order valence-electron chi connectivity index (χ4n) is 2.18. The molecule has 0 aliphatic rings. The third-order valence-electron chi connectivity index (χ3n) is 4.03. The molecule has 0 bridgehead atoms. The van der Waals surface area contributed by atoms with Crippen LogP contribution in [0.25, 0.3) is 0 Å². The second-order valence-corrected chi connectivity index (χ2v) is 7.61. The summed E-state index contributed by atoms with van der Waals surface area (Å²) in [5.74, 6) is -2.62. The molecule has 9 heteroatoms. The van der Waals surface area contributed by atoms with E-state index >= 15 is 0 Å². The normalized spacial score (nSPS) is 12.8. The molecule has 0 aromatic heterocycles. The molecule has 0 radical (unpaired) electrons. The van der Waals surface area contributed by atoms with E-state index in [0.717, 1.165) is 0 Å². The van der Waals surface area contributed by atoms with E-state index in [0.29, 0.717) is 31.3 Å². The predicted molar refractivity (Wildman–Crippen MR) is 108 cm³/mol. The Hall–Kier alpha value is -1.90. The first-order chi connectivity index (χ1) is 13.1. The molecule has 2 amide bonds. The molecule has 1 N–H and O–H groups in total. The summed E-state index contributed by atoms with van der Waals surface area (Å²) in [5.41, 5.74) is 0. The Bertz CT molecular complexity index is 575. The molecule has 0 aliphatic carbocycles. The highest BCUT2D eigenvalue weighted by Crippen LogP contribution is 2.11. The van der Waals surface area contributed by atoms with Gasteiger partial charge in [0.2, 0.25) is 17.6 Å². The molecule has 2 unspecified atom stereocenters. The number of likely N-dealkylation sites (N-methyl/N-ethyl adjacent to an activating group) is 1. The van der Waals surface area contributed by atoms with Gasteiger partial charge in [-0.15, -0.1) is 0 Å². The summed E-state index contributed by atoms with van der Waals surface area (Å²) in [6.07, 6.45) is -0.409. The zero-order chi connectivity index (χ0) is 21.9. The minimum Gasteiger partial charge on any atom is -0.463 e. The second kappa shape index (κ2) is 13.3. The zero-order valence-electron chi connectivity index (χ0n) is 17.6. The van der Waals surface area contributed by atoms with Crippen molar-refractivity contribution in [1.82, 2.24) is 10.2 Å². The molecule has 160 valence electrons. The highest BCUT2D eigenvalue weighted by Gasteiger charge is 2.28. The van der Waals surface area contributed by atoms with Gasteiger partial charge in [0, 0.05) is 24.8 Å². The quantitative estimate of drug-likeness (QED) is 0.292. The SMILES string of the molecule is CCC(C)C(=O)NC(CSC(=O)C(=O)CC(=O)OC(C)C)C(=O)N(CC)CC. The molecular formula is C19H32N2O6S. The van der Waals surface area contributed by atoms with Gasteiger partial charge in [0.25, 0.3) is 5.12 Å². The number of ketones is 1. The van der Waals surface area contributed by atoms with Crippen LogP contribution in [-0.2, 0) is 28.7 Å². The summed E-state index contributed by atoms with van der Waals surface area (Å²) < 4.78 is 4.85. The van der Waals surface area contributed by atoms with E-state index in [1.807, 2.05) is 20.8 Å². The third kappa shape index (κ3) is 9.34. The lowest BCUT2D eigenvalue weighted by atomic mass is 10.1. The molecule has 0 fully saturated rings. The van der Waals surface area contributed by atoms with Gasteiger partial charge < -0.3 is 15.0 Å². The van der Waals surface area contributed by atoms with Gasteiger partial charge in [-0.05, 0) is 34.1 Å². The van der Waals surface area contributed by atoms with Crippen LogP contribution in [0.2, 0.25) is 0 Å². The number of ether oxygens (including phenoxy) is 1. The summed E-state index contributed by atoms with van der Waals surface area (Å²) >= 11 is 0.623. The van der Waals surface area contributed by atoms with Crippen LogP contribution in [-0.4, -0.2) is 64.6 Å². The minimum atomic E-state index is -0.925. The highest BCUT2D eigenvalue weighted by molar-refractivity contribution is 8.15. The molecule has 0 aliphatic heterocycles. The van der Waals surface area contributed by atoms with Crippen molar-refractivity contribution >= 4 is 40.4 Å². The van der Waals surface area contributed by atoms with Crippen LogP contribution in [0.1, 0.15) is 54.4 Å². The maximum atomic E-state index is 12.7. The van der Waals surface area contributed by atoms with Crippen LogP contribution in [0, 0.1) is 5.92 Å². The Morgan fingerprint density at radius 2 is 1.57 bits per heavy atom. The molecule has 0 aromatic carbocycles. The van der Waals surface area contributed by atoms with Crippen LogP contribution in [0.15, 0.2) is 0 Å². The van der Waals surface area contributed by atoms with Crippen molar-refractivity contribution in [2.45, 2.75) is 66.5 Å². The molecule has 0 rings (SSSR count). The van der Waals surface area contributed by atoms with E-state index in [1.165, 1.54) is 0 Å². The van der Waals surface area contributed by atoms with Gasteiger partial charge in [-0.2, -0.15) is 0 Å². The van der Waals surface area contributed by atoms with Crippen molar-refractivity contribution in [1.29, 1.82) is 0 Å². The standard InChI is InChI=1S/C19H32N2O6S/c1-7-13(6)17(24)20-14(18(25)21(8-2)9-3)11-28-19(26)15(22)10-16(23)27-12(4)5/h12-14H,7-11H2,1-6H3,(H,20,24). The Labute approximate surface area is 171 Å². The number of carbonyl (C=O) groups is 5. The molecule has 0 aromatic rings. The summed E-state index contributed by atoms with van der Waals surface area (Å²) in [7, 11) is 0. The van der Waals surface area contributed by atoms with Gasteiger partial charge in [0.1, 0.15) is 12.5 Å². The van der Waals surface area contributed by atoms with E-state index in [4.69, 9.17) is 4.74 Å². The zero-order valence-corrected chi connectivity index (χ0v) is 18.4. The maximum Gasteiger partial charge on any atom is 0.314 e. The highest BCUT2D eigenvalue weighted by atomic mass is 32.2. The van der Waals surface area contributed by atoms with Crippen molar-refractivity contribution in [3.05, 3.63) is 0 Å². The summed E-state index contributed by atoms with van der Waals surface area (Å²) in [5, 5.41) is 1.83. The number of esters is 1. The van der Waals surface area contributed by atoms with E-state index in [2.05, 4.69) is 5.32 Å². The Balaban J connectivity index is 5.00. The summed E-state index contributed by atoms with van der Waals surface area (Å²) in [6, 6.07) is -0.925. The lowest BCUT2D eigenvalue weighted by molar-refractivity contribution is -0.150. The van der Waals surface area contributed by atoms with Gasteiger partial charge in [-0.25, -0.2) is 0 Å². The molecular weight excluding hydrogens is 384 g/mol. The number of rotatable bonds is 12. The first kappa shape index (κ1) is 26.1. The molecule has 0 heterocycles. The number of amides is 2.